The van der Waals surface area contributed by atoms with Crippen molar-refractivity contribution in [3.05, 3.63) is 29.6 Å². The van der Waals surface area contributed by atoms with Crippen molar-refractivity contribution < 1.29 is 13.9 Å². The summed E-state index contributed by atoms with van der Waals surface area (Å²) in [6.45, 7) is 0.690. The molecule has 86 valence electrons. The monoisotopic (exact) mass is 223 g/mol. The number of methoxy groups -OCH3 is 1. The molecule has 1 aliphatic heterocycles. The zero-order valence-electron chi connectivity index (χ0n) is 9.13. The molecule has 1 aromatic carbocycles. The van der Waals surface area contributed by atoms with Crippen LogP contribution in [0.5, 0.6) is 0 Å². The normalized spacial score (nSPS) is 18.5. The molecule has 0 bridgehead atoms. The van der Waals surface area contributed by atoms with Crippen molar-refractivity contribution in [1.82, 2.24) is 0 Å². The van der Waals surface area contributed by atoms with Gasteiger partial charge in [-0.05, 0) is 24.0 Å². The zero-order valence-corrected chi connectivity index (χ0v) is 9.13. The Bertz CT molecular complexity index is 406. The van der Waals surface area contributed by atoms with Gasteiger partial charge in [0.2, 0.25) is 0 Å². The fourth-order valence-electron chi connectivity index (χ4n) is 2.09. The second kappa shape index (κ2) is 4.51. The summed E-state index contributed by atoms with van der Waals surface area (Å²) < 4.78 is 18.1. The second-order valence-electron chi connectivity index (χ2n) is 3.90. The minimum Gasteiger partial charge on any atom is -0.469 e. The first-order valence-electron chi connectivity index (χ1n) is 5.31. The van der Waals surface area contributed by atoms with Gasteiger partial charge in [0.25, 0.3) is 0 Å². The lowest BCUT2D eigenvalue weighted by Gasteiger charge is -2.26. The highest BCUT2D eigenvalue weighted by molar-refractivity contribution is 5.71. The van der Waals surface area contributed by atoms with Crippen molar-refractivity contribution in [3.8, 4) is 0 Å². The van der Waals surface area contributed by atoms with Gasteiger partial charge in [0.15, 0.2) is 0 Å². The lowest BCUT2D eigenvalue weighted by molar-refractivity contribution is -0.141. The Morgan fingerprint density at radius 3 is 3.19 bits per heavy atom. The van der Waals surface area contributed by atoms with E-state index in [2.05, 4.69) is 10.1 Å². The number of hydrogen-bond donors (Lipinski definition) is 1. The molecular weight excluding hydrogens is 209 g/mol. The van der Waals surface area contributed by atoms with E-state index < -0.39 is 0 Å². The first-order valence-corrected chi connectivity index (χ1v) is 5.31. The van der Waals surface area contributed by atoms with E-state index >= 15 is 0 Å². The van der Waals surface area contributed by atoms with Gasteiger partial charge in [-0.15, -0.1) is 0 Å². The van der Waals surface area contributed by atoms with E-state index in [-0.39, 0.29) is 17.7 Å². The van der Waals surface area contributed by atoms with E-state index in [0.29, 0.717) is 18.7 Å². The summed E-state index contributed by atoms with van der Waals surface area (Å²) in [5.74, 6) is -0.450. The molecule has 0 amide bonds. The molecule has 1 aliphatic rings. The largest absolute Gasteiger partial charge is 0.469 e. The quantitative estimate of drug-likeness (QED) is 0.782. The van der Waals surface area contributed by atoms with Gasteiger partial charge in [0, 0.05) is 6.54 Å². The van der Waals surface area contributed by atoms with Crippen LogP contribution in [0, 0.1) is 5.82 Å². The average Bonchev–Trinajstić information content (AvgIpc) is 2.30. The van der Waals surface area contributed by atoms with Gasteiger partial charge in [0.1, 0.15) is 5.82 Å². The summed E-state index contributed by atoms with van der Waals surface area (Å²) in [4.78, 5) is 11.2. The van der Waals surface area contributed by atoms with Crippen LogP contribution in [0.2, 0.25) is 0 Å². The Morgan fingerprint density at radius 2 is 2.44 bits per heavy atom. The molecule has 16 heavy (non-hydrogen) atoms. The zero-order chi connectivity index (χ0) is 11.5. The standard InChI is InChI=1S/C12H14FNO2/c1-16-11(15)7-8-5-6-14-12-9(8)3-2-4-10(12)13/h2-4,8,14H,5-7H2,1H3. The van der Waals surface area contributed by atoms with Crippen LogP contribution in [0.4, 0.5) is 10.1 Å². The van der Waals surface area contributed by atoms with Crippen LogP contribution < -0.4 is 5.32 Å². The minimum atomic E-state index is -0.257. The fourth-order valence-corrected chi connectivity index (χ4v) is 2.09. The van der Waals surface area contributed by atoms with E-state index in [0.717, 1.165) is 12.0 Å². The van der Waals surface area contributed by atoms with Crippen LogP contribution in [0.3, 0.4) is 0 Å². The van der Waals surface area contributed by atoms with Crippen LogP contribution >= 0.6 is 0 Å². The number of carbonyl (C=O) groups is 1. The lowest BCUT2D eigenvalue weighted by atomic mass is 9.88. The van der Waals surface area contributed by atoms with Gasteiger partial charge in [0.05, 0.1) is 19.2 Å². The first kappa shape index (κ1) is 10.9. The maximum atomic E-state index is 13.5. The number of para-hydroxylation sites is 1. The molecule has 0 saturated heterocycles. The van der Waals surface area contributed by atoms with Crippen molar-refractivity contribution in [2.24, 2.45) is 0 Å². The topological polar surface area (TPSA) is 38.3 Å². The number of nitrogens with one attached hydrogen (secondary N) is 1. The number of benzene rings is 1. The Morgan fingerprint density at radius 1 is 1.62 bits per heavy atom. The van der Waals surface area contributed by atoms with Gasteiger partial charge in [-0.2, -0.15) is 0 Å². The molecule has 3 nitrogen and oxygen atoms in total. The van der Waals surface area contributed by atoms with Crippen LogP contribution in [0.1, 0.15) is 24.3 Å². The number of fused-ring (bicyclic) bond motifs is 1. The van der Waals surface area contributed by atoms with Gasteiger partial charge in [-0.25, -0.2) is 4.39 Å². The van der Waals surface area contributed by atoms with E-state index in [1.165, 1.54) is 13.2 Å². The third-order valence-electron chi connectivity index (χ3n) is 2.92. The van der Waals surface area contributed by atoms with Crippen molar-refractivity contribution in [2.75, 3.05) is 19.0 Å². The van der Waals surface area contributed by atoms with Crippen molar-refractivity contribution in [3.63, 3.8) is 0 Å². The molecule has 2 rings (SSSR count). The number of hydrogen-bond acceptors (Lipinski definition) is 3. The third-order valence-corrected chi connectivity index (χ3v) is 2.92. The van der Waals surface area contributed by atoms with Gasteiger partial charge in [-0.3, -0.25) is 4.79 Å². The van der Waals surface area contributed by atoms with Gasteiger partial charge < -0.3 is 10.1 Å². The Kier molecular flexibility index (Phi) is 3.08. The van der Waals surface area contributed by atoms with Crippen LogP contribution in [0.15, 0.2) is 18.2 Å². The van der Waals surface area contributed by atoms with Gasteiger partial charge in [-0.1, -0.05) is 12.1 Å². The van der Waals surface area contributed by atoms with E-state index in [1.807, 2.05) is 6.07 Å². The smallest absolute Gasteiger partial charge is 0.306 e. The van der Waals surface area contributed by atoms with Crippen LogP contribution in [-0.4, -0.2) is 19.6 Å². The highest BCUT2D eigenvalue weighted by atomic mass is 19.1. The first-order chi connectivity index (χ1) is 7.72. The maximum Gasteiger partial charge on any atom is 0.306 e. The molecule has 0 aromatic heterocycles. The highest BCUT2D eigenvalue weighted by Crippen LogP contribution is 2.35. The Hall–Kier alpha value is -1.58. The number of rotatable bonds is 2. The summed E-state index contributed by atoms with van der Waals surface area (Å²) in [7, 11) is 1.37. The lowest BCUT2D eigenvalue weighted by Crippen LogP contribution is -2.20. The Balaban J connectivity index is 2.26. The summed E-state index contributed by atoms with van der Waals surface area (Å²) in [5, 5.41) is 3.03. The summed E-state index contributed by atoms with van der Waals surface area (Å²) >= 11 is 0. The van der Waals surface area contributed by atoms with Crippen molar-refractivity contribution >= 4 is 11.7 Å². The summed E-state index contributed by atoms with van der Waals surface area (Å²) in [6, 6.07) is 4.95. The highest BCUT2D eigenvalue weighted by Gasteiger charge is 2.24. The molecule has 0 saturated carbocycles. The second-order valence-corrected chi connectivity index (χ2v) is 3.90. The van der Waals surface area contributed by atoms with Crippen molar-refractivity contribution in [2.45, 2.75) is 18.8 Å². The van der Waals surface area contributed by atoms with Crippen molar-refractivity contribution in [1.29, 1.82) is 0 Å². The van der Waals surface area contributed by atoms with Crippen LogP contribution in [-0.2, 0) is 9.53 Å². The number of halogens is 1. The van der Waals surface area contributed by atoms with E-state index in [9.17, 15) is 9.18 Å². The van der Waals surface area contributed by atoms with Crippen LogP contribution in [0.25, 0.3) is 0 Å². The summed E-state index contributed by atoms with van der Waals surface area (Å²) in [5.41, 5.74) is 1.40. The predicted octanol–water partition coefficient (Wildman–Crippen LogP) is 2.29. The van der Waals surface area contributed by atoms with E-state index in [4.69, 9.17) is 0 Å². The Labute approximate surface area is 93.6 Å². The SMILES string of the molecule is COC(=O)CC1CCNc2c(F)cccc21. The number of ether oxygens (including phenoxy) is 1. The molecular formula is C12H14FNO2. The fraction of sp³-hybridized carbons (Fsp3) is 0.417. The predicted molar refractivity (Wildman–Crippen MR) is 58.9 cm³/mol. The number of esters is 1. The molecule has 0 spiro atoms. The number of carbonyl (C=O) groups excluding carboxylic acids is 1. The molecule has 1 heterocycles. The molecule has 1 N–H and O–H groups in total. The molecule has 0 radical (unpaired) electrons. The molecule has 1 aromatic rings. The van der Waals surface area contributed by atoms with Gasteiger partial charge >= 0.3 is 5.97 Å². The molecule has 0 aliphatic carbocycles. The molecule has 1 unspecified atom stereocenters. The molecule has 4 heteroatoms. The molecule has 1 atom stereocenters. The average molecular weight is 223 g/mol. The summed E-state index contributed by atoms with van der Waals surface area (Å²) in [6.07, 6.45) is 1.14. The minimum absolute atomic E-state index is 0.0550. The third kappa shape index (κ3) is 2.01. The maximum absolute atomic E-state index is 13.5. The van der Waals surface area contributed by atoms with E-state index in [1.54, 1.807) is 6.07 Å². The number of anilines is 1. The molecule has 0 fully saturated rings.